The highest BCUT2D eigenvalue weighted by Gasteiger charge is 2.34. The van der Waals surface area contributed by atoms with Gasteiger partial charge >= 0.3 is 6.18 Å². The summed E-state index contributed by atoms with van der Waals surface area (Å²) in [7, 11) is 0. The third-order valence-corrected chi connectivity index (χ3v) is 3.38. The second kappa shape index (κ2) is 5.81. The van der Waals surface area contributed by atoms with Crippen molar-refractivity contribution in [1.29, 1.82) is 0 Å². The Bertz CT molecular complexity index is 402. The van der Waals surface area contributed by atoms with Crippen molar-refractivity contribution in [3.8, 4) is 0 Å². The van der Waals surface area contributed by atoms with E-state index in [0.29, 0.717) is 19.6 Å². The van der Waals surface area contributed by atoms with Gasteiger partial charge in [-0.15, -0.1) is 0 Å². The summed E-state index contributed by atoms with van der Waals surface area (Å²) >= 11 is 0. The van der Waals surface area contributed by atoms with Crippen LogP contribution in [0.5, 0.6) is 0 Å². The van der Waals surface area contributed by atoms with Gasteiger partial charge in [-0.25, -0.2) is 4.98 Å². The summed E-state index contributed by atoms with van der Waals surface area (Å²) in [4.78, 5) is 5.66. The van der Waals surface area contributed by atoms with Crippen LogP contribution in [0.15, 0.2) is 12.4 Å². The van der Waals surface area contributed by atoms with Gasteiger partial charge in [0.1, 0.15) is 0 Å². The van der Waals surface area contributed by atoms with Crippen molar-refractivity contribution in [2.75, 3.05) is 31.5 Å². The topological polar surface area (TPSA) is 33.1 Å². The van der Waals surface area contributed by atoms with Crippen LogP contribution in [-0.2, 0) is 6.54 Å². The Morgan fingerprint density at radius 3 is 2.95 bits per heavy atom. The molecule has 1 saturated heterocycles. The van der Waals surface area contributed by atoms with Gasteiger partial charge in [-0.3, -0.25) is 4.90 Å². The number of hydrogen-bond donors (Lipinski definition) is 1. The fourth-order valence-corrected chi connectivity index (χ4v) is 2.44. The van der Waals surface area contributed by atoms with Gasteiger partial charge in [0.2, 0.25) is 5.95 Å². The molecule has 0 bridgehead atoms. The maximum Gasteiger partial charge on any atom is 0.401 e. The van der Waals surface area contributed by atoms with Gasteiger partial charge in [0.25, 0.3) is 0 Å². The van der Waals surface area contributed by atoms with Crippen LogP contribution in [0.3, 0.4) is 0 Å². The summed E-state index contributed by atoms with van der Waals surface area (Å²) < 4.78 is 38.8. The van der Waals surface area contributed by atoms with Gasteiger partial charge in [-0.05, 0) is 25.8 Å². The van der Waals surface area contributed by atoms with Crippen molar-refractivity contribution in [1.82, 2.24) is 14.5 Å². The van der Waals surface area contributed by atoms with Gasteiger partial charge < -0.3 is 9.88 Å². The van der Waals surface area contributed by atoms with E-state index >= 15 is 0 Å². The van der Waals surface area contributed by atoms with Gasteiger partial charge in [-0.1, -0.05) is 0 Å². The first-order valence-electron chi connectivity index (χ1n) is 6.52. The van der Waals surface area contributed by atoms with E-state index in [9.17, 15) is 13.2 Å². The Balaban J connectivity index is 1.76. The molecule has 1 fully saturated rings. The molecular weight excluding hydrogens is 257 g/mol. The Labute approximate surface area is 110 Å². The minimum Gasteiger partial charge on any atom is -0.355 e. The molecule has 19 heavy (non-hydrogen) atoms. The lowest BCUT2D eigenvalue weighted by Crippen LogP contribution is -2.33. The summed E-state index contributed by atoms with van der Waals surface area (Å²) in [5, 5.41) is 3.21. The van der Waals surface area contributed by atoms with Crippen LogP contribution < -0.4 is 5.32 Å². The normalized spacial score (nSPS) is 20.9. The highest BCUT2D eigenvalue weighted by atomic mass is 19.4. The van der Waals surface area contributed by atoms with Crippen LogP contribution in [0, 0.1) is 5.92 Å². The van der Waals surface area contributed by atoms with Crippen molar-refractivity contribution in [2.24, 2.45) is 5.92 Å². The number of imidazole rings is 1. The number of rotatable bonds is 5. The number of halogens is 3. The zero-order valence-electron chi connectivity index (χ0n) is 11.0. The van der Waals surface area contributed by atoms with Crippen molar-refractivity contribution < 1.29 is 13.2 Å². The molecule has 1 aromatic rings. The van der Waals surface area contributed by atoms with Crippen molar-refractivity contribution >= 4 is 5.95 Å². The van der Waals surface area contributed by atoms with Crippen LogP contribution >= 0.6 is 0 Å². The minimum absolute atomic E-state index is 0.254. The lowest BCUT2D eigenvalue weighted by atomic mass is 10.1. The smallest absolute Gasteiger partial charge is 0.355 e. The number of alkyl halides is 3. The second-order valence-electron chi connectivity index (χ2n) is 4.92. The SMILES string of the molecule is CCn1ccnc1NCC1CCN(CC(F)(F)F)C1. The van der Waals surface area contributed by atoms with Gasteiger partial charge in [-0.2, -0.15) is 13.2 Å². The third-order valence-electron chi connectivity index (χ3n) is 3.38. The highest BCUT2D eigenvalue weighted by Crippen LogP contribution is 2.22. The molecule has 1 aliphatic rings. The summed E-state index contributed by atoms with van der Waals surface area (Å²) in [6.07, 6.45) is 0.306. The monoisotopic (exact) mass is 276 g/mol. The molecule has 0 aromatic carbocycles. The fourth-order valence-electron chi connectivity index (χ4n) is 2.44. The predicted molar refractivity (Wildman–Crippen MR) is 67.0 cm³/mol. The fraction of sp³-hybridized carbons (Fsp3) is 0.750. The average Bonchev–Trinajstić information content (AvgIpc) is 2.92. The van der Waals surface area contributed by atoms with E-state index in [0.717, 1.165) is 18.9 Å². The number of aromatic nitrogens is 2. The molecule has 1 atom stereocenters. The van der Waals surface area contributed by atoms with Crippen molar-refractivity contribution in [3.05, 3.63) is 12.4 Å². The Hall–Kier alpha value is -1.24. The molecule has 1 aliphatic heterocycles. The molecule has 2 rings (SSSR count). The van der Waals surface area contributed by atoms with Crippen molar-refractivity contribution in [3.63, 3.8) is 0 Å². The highest BCUT2D eigenvalue weighted by molar-refractivity contribution is 5.25. The van der Waals surface area contributed by atoms with E-state index in [1.165, 1.54) is 4.90 Å². The maximum absolute atomic E-state index is 12.3. The number of aryl methyl sites for hydroxylation is 1. The molecule has 0 amide bonds. The number of likely N-dealkylation sites (tertiary alicyclic amines) is 1. The van der Waals surface area contributed by atoms with E-state index in [2.05, 4.69) is 10.3 Å². The first-order chi connectivity index (χ1) is 8.98. The van der Waals surface area contributed by atoms with E-state index < -0.39 is 12.7 Å². The summed E-state index contributed by atoms with van der Waals surface area (Å²) in [6, 6.07) is 0. The third kappa shape index (κ3) is 4.12. The summed E-state index contributed by atoms with van der Waals surface area (Å²) in [5.41, 5.74) is 0. The molecule has 108 valence electrons. The van der Waals surface area contributed by atoms with E-state index in [1.807, 2.05) is 17.7 Å². The maximum atomic E-state index is 12.3. The molecular formula is C12H19F3N4. The van der Waals surface area contributed by atoms with E-state index in [1.54, 1.807) is 6.20 Å². The molecule has 7 heteroatoms. The lowest BCUT2D eigenvalue weighted by Gasteiger charge is -2.18. The first kappa shape index (κ1) is 14.2. The standard InChI is InChI=1S/C12H19F3N4/c1-2-19-6-4-16-11(19)17-7-10-3-5-18(8-10)9-12(13,14)15/h4,6,10H,2-3,5,7-9H2,1H3,(H,16,17). The lowest BCUT2D eigenvalue weighted by molar-refractivity contribution is -0.143. The van der Waals surface area contributed by atoms with Crippen LogP contribution in [0.1, 0.15) is 13.3 Å². The molecule has 1 N–H and O–H groups in total. The number of nitrogens with one attached hydrogen (secondary N) is 1. The van der Waals surface area contributed by atoms with E-state index in [4.69, 9.17) is 0 Å². The number of anilines is 1. The van der Waals surface area contributed by atoms with Crippen LogP contribution in [0.2, 0.25) is 0 Å². The number of hydrogen-bond acceptors (Lipinski definition) is 3. The largest absolute Gasteiger partial charge is 0.401 e. The quantitative estimate of drug-likeness (QED) is 0.895. The van der Waals surface area contributed by atoms with Crippen molar-refractivity contribution in [2.45, 2.75) is 26.1 Å². The van der Waals surface area contributed by atoms with Crippen LogP contribution in [-0.4, -0.2) is 46.8 Å². The minimum atomic E-state index is -4.10. The van der Waals surface area contributed by atoms with Crippen LogP contribution in [0.25, 0.3) is 0 Å². The molecule has 1 aromatic heterocycles. The number of nitrogens with zero attached hydrogens (tertiary/aromatic N) is 3. The molecule has 1 unspecified atom stereocenters. The van der Waals surface area contributed by atoms with Gasteiger partial charge in [0, 0.05) is 32.0 Å². The van der Waals surface area contributed by atoms with E-state index in [-0.39, 0.29) is 5.92 Å². The first-order valence-corrected chi connectivity index (χ1v) is 6.52. The molecule has 0 saturated carbocycles. The molecule has 2 heterocycles. The average molecular weight is 276 g/mol. The predicted octanol–water partition coefficient (Wildman–Crippen LogP) is 2.20. The molecule has 0 spiro atoms. The summed E-state index contributed by atoms with van der Waals surface area (Å²) in [6.45, 7) is 3.74. The van der Waals surface area contributed by atoms with Gasteiger partial charge in [0.05, 0.1) is 6.54 Å². The zero-order chi connectivity index (χ0) is 13.9. The second-order valence-corrected chi connectivity index (χ2v) is 4.92. The van der Waals surface area contributed by atoms with Crippen LogP contribution in [0.4, 0.5) is 19.1 Å². The zero-order valence-corrected chi connectivity index (χ0v) is 11.0. The Morgan fingerprint density at radius 1 is 1.47 bits per heavy atom. The Morgan fingerprint density at radius 2 is 2.26 bits per heavy atom. The molecule has 0 aliphatic carbocycles. The molecule has 0 radical (unpaired) electrons. The molecule has 4 nitrogen and oxygen atoms in total. The summed E-state index contributed by atoms with van der Waals surface area (Å²) in [5.74, 6) is 1.04. The van der Waals surface area contributed by atoms with Gasteiger partial charge in [0.15, 0.2) is 0 Å². The Kier molecular flexibility index (Phi) is 4.34.